The van der Waals surface area contributed by atoms with Gasteiger partial charge in [-0.2, -0.15) is 0 Å². The van der Waals surface area contributed by atoms with Crippen LogP contribution in [0, 0.1) is 6.92 Å². The van der Waals surface area contributed by atoms with Gasteiger partial charge in [-0.3, -0.25) is 4.99 Å². The maximum Gasteiger partial charge on any atom is 0.193 e. The number of ether oxygens (including phenoxy) is 1. The Kier molecular flexibility index (Phi) is 8.32. The molecule has 2 aromatic rings. The van der Waals surface area contributed by atoms with Crippen molar-refractivity contribution in [2.24, 2.45) is 4.99 Å². The van der Waals surface area contributed by atoms with Crippen LogP contribution in [0.25, 0.3) is 0 Å². The number of aryl methyl sites for hydroxylation is 1. The van der Waals surface area contributed by atoms with Gasteiger partial charge < -0.3 is 15.0 Å². The molecule has 5 nitrogen and oxygen atoms in total. The van der Waals surface area contributed by atoms with Crippen molar-refractivity contribution in [2.75, 3.05) is 21.2 Å². The third-order valence-corrected chi connectivity index (χ3v) is 4.36. The molecule has 0 fully saturated rings. The van der Waals surface area contributed by atoms with Crippen molar-refractivity contribution in [3.8, 4) is 5.75 Å². The Balaban J connectivity index is 0.00000264. The van der Waals surface area contributed by atoms with Crippen LogP contribution in [0.15, 0.2) is 34.8 Å². The second kappa shape index (κ2) is 9.71. The standard InChI is InChI=1S/C16H22N4OS.HI/c1-12-15(22-11-19-12)9-18-16(17-2)20(3)10-13-7-5-6-8-14(13)21-4;/h5-8,11H,9-10H2,1-4H3,(H,17,18);1H. The number of guanidine groups is 1. The van der Waals surface area contributed by atoms with Crippen molar-refractivity contribution < 1.29 is 4.74 Å². The highest BCUT2D eigenvalue weighted by Gasteiger charge is 2.10. The summed E-state index contributed by atoms with van der Waals surface area (Å²) in [5.74, 6) is 1.74. The van der Waals surface area contributed by atoms with Crippen molar-refractivity contribution in [2.45, 2.75) is 20.0 Å². The third kappa shape index (κ3) is 5.35. The fourth-order valence-corrected chi connectivity index (χ4v) is 2.92. The highest BCUT2D eigenvalue weighted by molar-refractivity contribution is 14.0. The van der Waals surface area contributed by atoms with Crippen LogP contribution in [0.5, 0.6) is 5.75 Å². The Hall–Kier alpha value is -1.35. The summed E-state index contributed by atoms with van der Waals surface area (Å²) in [6, 6.07) is 8.03. The first kappa shape index (κ1) is 19.7. The monoisotopic (exact) mass is 446 g/mol. The molecule has 126 valence electrons. The largest absolute Gasteiger partial charge is 0.496 e. The minimum Gasteiger partial charge on any atom is -0.496 e. The van der Waals surface area contributed by atoms with Gasteiger partial charge in [0.05, 0.1) is 24.9 Å². The van der Waals surface area contributed by atoms with Gasteiger partial charge >= 0.3 is 0 Å². The van der Waals surface area contributed by atoms with Crippen molar-refractivity contribution in [3.05, 3.63) is 45.9 Å². The quantitative estimate of drug-likeness (QED) is 0.435. The van der Waals surface area contributed by atoms with Gasteiger partial charge in [0.25, 0.3) is 0 Å². The van der Waals surface area contributed by atoms with Crippen molar-refractivity contribution in [1.29, 1.82) is 0 Å². The molecule has 1 N–H and O–H groups in total. The topological polar surface area (TPSA) is 49.8 Å². The molecular weight excluding hydrogens is 423 g/mol. The number of methoxy groups -OCH3 is 1. The first-order valence-corrected chi connectivity index (χ1v) is 7.96. The van der Waals surface area contributed by atoms with Gasteiger partial charge in [0.2, 0.25) is 0 Å². The molecule has 0 aliphatic heterocycles. The lowest BCUT2D eigenvalue weighted by Gasteiger charge is -2.23. The predicted molar refractivity (Wildman–Crippen MR) is 107 cm³/mol. The molecule has 0 unspecified atom stereocenters. The van der Waals surface area contributed by atoms with Crippen LogP contribution in [0.2, 0.25) is 0 Å². The van der Waals surface area contributed by atoms with E-state index in [1.54, 1.807) is 25.5 Å². The number of aliphatic imine (C=N–C) groups is 1. The summed E-state index contributed by atoms with van der Waals surface area (Å²) in [5, 5.41) is 3.38. The number of hydrogen-bond acceptors (Lipinski definition) is 4. The Morgan fingerprint density at radius 3 is 2.74 bits per heavy atom. The van der Waals surface area contributed by atoms with Crippen LogP contribution < -0.4 is 10.1 Å². The van der Waals surface area contributed by atoms with Crippen LogP contribution >= 0.6 is 35.3 Å². The number of para-hydroxylation sites is 1. The molecule has 0 spiro atoms. The number of aromatic nitrogens is 1. The van der Waals surface area contributed by atoms with Gasteiger partial charge in [-0.05, 0) is 13.0 Å². The van der Waals surface area contributed by atoms with E-state index in [-0.39, 0.29) is 24.0 Å². The molecule has 1 heterocycles. The lowest BCUT2D eigenvalue weighted by molar-refractivity contribution is 0.396. The Bertz CT molecular complexity index is 645. The van der Waals surface area contributed by atoms with Crippen LogP contribution in [0.3, 0.4) is 0 Å². The zero-order valence-electron chi connectivity index (χ0n) is 13.9. The average Bonchev–Trinajstić information content (AvgIpc) is 2.94. The smallest absolute Gasteiger partial charge is 0.193 e. The van der Waals surface area contributed by atoms with Gasteiger partial charge in [-0.25, -0.2) is 4.98 Å². The molecule has 0 saturated carbocycles. The van der Waals surface area contributed by atoms with E-state index >= 15 is 0 Å². The second-order valence-electron chi connectivity index (χ2n) is 4.93. The van der Waals surface area contributed by atoms with E-state index in [0.29, 0.717) is 0 Å². The van der Waals surface area contributed by atoms with E-state index in [0.717, 1.165) is 36.1 Å². The summed E-state index contributed by atoms with van der Waals surface area (Å²) < 4.78 is 5.40. The highest BCUT2D eigenvalue weighted by atomic mass is 127. The molecule has 1 aromatic carbocycles. The number of nitrogens with zero attached hydrogens (tertiary/aromatic N) is 3. The number of nitrogens with one attached hydrogen (secondary N) is 1. The van der Waals surface area contributed by atoms with Crippen LogP contribution in [-0.4, -0.2) is 37.0 Å². The molecule has 2 rings (SSSR count). The first-order chi connectivity index (χ1) is 10.7. The minimum atomic E-state index is 0. The summed E-state index contributed by atoms with van der Waals surface area (Å²) in [6.45, 7) is 3.49. The molecule has 0 aliphatic carbocycles. The van der Waals surface area contributed by atoms with E-state index in [2.05, 4.69) is 26.3 Å². The zero-order valence-corrected chi connectivity index (χ0v) is 17.0. The summed E-state index contributed by atoms with van der Waals surface area (Å²) in [5.41, 5.74) is 4.07. The fraction of sp³-hybridized carbons (Fsp3) is 0.375. The summed E-state index contributed by atoms with van der Waals surface area (Å²) >= 11 is 1.66. The number of thiazole rings is 1. The Labute approximate surface area is 158 Å². The molecule has 0 radical (unpaired) electrons. The van der Waals surface area contributed by atoms with Gasteiger partial charge in [0, 0.05) is 31.1 Å². The van der Waals surface area contributed by atoms with Gasteiger partial charge in [0.15, 0.2) is 5.96 Å². The van der Waals surface area contributed by atoms with Crippen LogP contribution in [0.1, 0.15) is 16.1 Å². The molecule has 1 aromatic heterocycles. The van der Waals surface area contributed by atoms with Crippen LogP contribution in [0.4, 0.5) is 0 Å². The number of hydrogen-bond donors (Lipinski definition) is 1. The molecule has 0 saturated heterocycles. The Morgan fingerprint density at radius 2 is 2.13 bits per heavy atom. The molecule has 23 heavy (non-hydrogen) atoms. The maximum absolute atomic E-state index is 5.40. The summed E-state index contributed by atoms with van der Waals surface area (Å²) in [6.07, 6.45) is 0. The number of halogens is 1. The fourth-order valence-electron chi connectivity index (χ4n) is 2.20. The molecule has 0 amide bonds. The molecule has 0 atom stereocenters. The summed E-state index contributed by atoms with van der Waals surface area (Å²) in [7, 11) is 5.50. The van der Waals surface area contributed by atoms with Crippen molar-refractivity contribution in [3.63, 3.8) is 0 Å². The third-order valence-electron chi connectivity index (χ3n) is 3.43. The average molecular weight is 446 g/mol. The number of rotatable bonds is 5. The molecular formula is C16H23IN4OS. The first-order valence-electron chi connectivity index (χ1n) is 7.08. The van der Waals surface area contributed by atoms with Gasteiger partial charge in [0.1, 0.15) is 5.75 Å². The SMILES string of the molecule is CN=C(NCc1scnc1C)N(C)Cc1ccccc1OC.I. The van der Waals surface area contributed by atoms with Crippen molar-refractivity contribution in [1.82, 2.24) is 15.2 Å². The normalized spacial score (nSPS) is 10.9. The van der Waals surface area contributed by atoms with Gasteiger partial charge in [-0.1, -0.05) is 18.2 Å². The highest BCUT2D eigenvalue weighted by Crippen LogP contribution is 2.19. The zero-order chi connectivity index (χ0) is 15.9. The van der Waals surface area contributed by atoms with E-state index in [4.69, 9.17) is 4.74 Å². The maximum atomic E-state index is 5.40. The molecule has 0 aliphatic rings. The minimum absolute atomic E-state index is 0. The van der Waals surface area contributed by atoms with Crippen molar-refractivity contribution >= 4 is 41.3 Å². The molecule has 0 bridgehead atoms. The van der Waals surface area contributed by atoms with E-state index in [9.17, 15) is 0 Å². The molecule has 7 heteroatoms. The van der Waals surface area contributed by atoms with E-state index in [1.807, 2.05) is 37.7 Å². The Morgan fingerprint density at radius 1 is 1.39 bits per heavy atom. The predicted octanol–water partition coefficient (Wildman–Crippen LogP) is 3.29. The summed E-state index contributed by atoms with van der Waals surface area (Å²) in [4.78, 5) is 11.9. The van der Waals surface area contributed by atoms with Gasteiger partial charge in [-0.15, -0.1) is 35.3 Å². The van der Waals surface area contributed by atoms with Crippen LogP contribution in [-0.2, 0) is 13.1 Å². The number of benzene rings is 1. The lowest BCUT2D eigenvalue weighted by atomic mass is 10.2. The van der Waals surface area contributed by atoms with E-state index < -0.39 is 0 Å². The lowest BCUT2D eigenvalue weighted by Crippen LogP contribution is -2.38. The van der Waals surface area contributed by atoms with E-state index in [1.165, 1.54) is 4.88 Å². The second-order valence-corrected chi connectivity index (χ2v) is 5.87.